The molecule has 3 aromatic rings. The quantitative estimate of drug-likeness (QED) is 0.678. The minimum Gasteiger partial charge on any atom is -0.391 e. The Labute approximate surface area is 133 Å². The van der Waals surface area contributed by atoms with Crippen molar-refractivity contribution >= 4 is 21.1 Å². The van der Waals surface area contributed by atoms with Gasteiger partial charge in [-0.1, -0.05) is 24.3 Å². The number of nitrogens with one attached hydrogen (secondary N) is 2. The molecule has 0 saturated heterocycles. The van der Waals surface area contributed by atoms with Gasteiger partial charge in [-0.2, -0.15) is 0 Å². The van der Waals surface area contributed by atoms with E-state index in [1.165, 1.54) is 6.20 Å². The molecule has 1 aliphatic carbocycles. The van der Waals surface area contributed by atoms with Crippen molar-refractivity contribution in [1.29, 1.82) is 0 Å². The average Bonchev–Trinajstić information content (AvgIpc) is 3.10. The topological polar surface area (TPSA) is 95.1 Å². The van der Waals surface area contributed by atoms with Crippen LogP contribution in [-0.2, 0) is 16.4 Å². The van der Waals surface area contributed by atoms with Gasteiger partial charge in [0.15, 0.2) is 0 Å². The van der Waals surface area contributed by atoms with E-state index in [4.69, 9.17) is 0 Å². The first-order valence-corrected chi connectivity index (χ1v) is 8.75. The molecule has 7 heteroatoms. The van der Waals surface area contributed by atoms with Crippen molar-refractivity contribution < 1.29 is 13.5 Å². The maximum Gasteiger partial charge on any atom is 0.243 e. The fourth-order valence-corrected chi connectivity index (χ4v) is 4.51. The van der Waals surface area contributed by atoms with Crippen molar-refractivity contribution in [3.63, 3.8) is 0 Å². The van der Waals surface area contributed by atoms with Crippen molar-refractivity contribution in [2.24, 2.45) is 0 Å². The Morgan fingerprint density at radius 3 is 2.91 bits per heavy atom. The summed E-state index contributed by atoms with van der Waals surface area (Å²) in [5.41, 5.74) is 2.30. The number of benzene rings is 1. The summed E-state index contributed by atoms with van der Waals surface area (Å²) in [6.07, 6.45) is 2.69. The van der Waals surface area contributed by atoms with Gasteiger partial charge in [0, 0.05) is 24.2 Å². The number of hydrogen-bond donors (Lipinski definition) is 3. The third-order valence-corrected chi connectivity index (χ3v) is 5.67. The first-order valence-electron chi connectivity index (χ1n) is 7.26. The standard InChI is InChI=1S/C16H15N3O3S/c20-13-8-10-4-1-2-5-11(10)15(13)19-23(21,22)14-9-18-16-12(14)6-3-7-17-16/h1-7,9,13,15,19-20H,8H2,(H,17,18)/t13-,15+/m1/s1. The molecule has 0 unspecified atom stereocenters. The summed E-state index contributed by atoms with van der Waals surface area (Å²) in [5.74, 6) is 0. The molecule has 0 radical (unpaired) electrons. The Morgan fingerprint density at radius 2 is 2.04 bits per heavy atom. The van der Waals surface area contributed by atoms with Gasteiger partial charge in [0.25, 0.3) is 0 Å². The monoisotopic (exact) mass is 329 g/mol. The predicted molar refractivity (Wildman–Crippen MR) is 85.3 cm³/mol. The van der Waals surface area contributed by atoms with Crippen LogP contribution < -0.4 is 4.72 Å². The molecule has 3 N–H and O–H groups in total. The molecule has 2 aromatic heterocycles. The number of aliphatic hydroxyl groups is 1. The van der Waals surface area contributed by atoms with Gasteiger partial charge in [0.05, 0.1) is 12.1 Å². The molecule has 0 spiro atoms. The van der Waals surface area contributed by atoms with Crippen LogP contribution in [0.25, 0.3) is 11.0 Å². The van der Waals surface area contributed by atoms with Crippen LogP contribution in [0, 0.1) is 0 Å². The Balaban J connectivity index is 1.73. The van der Waals surface area contributed by atoms with E-state index >= 15 is 0 Å². The second-order valence-electron chi connectivity index (χ2n) is 5.62. The molecule has 6 nitrogen and oxygen atoms in total. The van der Waals surface area contributed by atoms with E-state index in [9.17, 15) is 13.5 Å². The van der Waals surface area contributed by atoms with Crippen LogP contribution in [0.2, 0.25) is 0 Å². The van der Waals surface area contributed by atoms with Crippen LogP contribution in [0.5, 0.6) is 0 Å². The van der Waals surface area contributed by atoms with E-state index in [1.54, 1.807) is 18.3 Å². The summed E-state index contributed by atoms with van der Waals surface area (Å²) >= 11 is 0. The van der Waals surface area contributed by atoms with E-state index in [-0.39, 0.29) is 4.90 Å². The van der Waals surface area contributed by atoms with Crippen molar-refractivity contribution in [3.05, 3.63) is 59.9 Å². The summed E-state index contributed by atoms with van der Waals surface area (Å²) < 4.78 is 28.1. The zero-order valence-corrected chi connectivity index (χ0v) is 12.9. The molecule has 0 amide bonds. The number of rotatable bonds is 3. The largest absolute Gasteiger partial charge is 0.391 e. The van der Waals surface area contributed by atoms with E-state index in [2.05, 4.69) is 14.7 Å². The Hall–Kier alpha value is -2.22. The maximum absolute atomic E-state index is 12.7. The summed E-state index contributed by atoms with van der Waals surface area (Å²) in [6.45, 7) is 0. The highest BCUT2D eigenvalue weighted by atomic mass is 32.2. The van der Waals surface area contributed by atoms with Crippen LogP contribution >= 0.6 is 0 Å². The van der Waals surface area contributed by atoms with Crippen molar-refractivity contribution in [2.45, 2.75) is 23.5 Å². The number of aromatic amines is 1. The summed E-state index contributed by atoms with van der Waals surface area (Å²) in [5, 5.41) is 10.8. The Morgan fingerprint density at radius 1 is 1.22 bits per heavy atom. The van der Waals surface area contributed by atoms with E-state index in [0.29, 0.717) is 17.5 Å². The summed E-state index contributed by atoms with van der Waals surface area (Å²) in [6, 6.07) is 10.2. The molecule has 2 heterocycles. The molecule has 0 bridgehead atoms. The number of sulfonamides is 1. The Kier molecular flexibility index (Phi) is 3.22. The predicted octanol–water partition coefficient (Wildman–Crippen LogP) is 1.50. The first-order chi connectivity index (χ1) is 11.1. The third kappa shape index (κ3) is 2.33. The lowest BCUT2D eigenvalue weighted by molar-refractivity contribution is 0.151. The normalized spacial score (nSPS) is 20.7. The van der Waals surface area contributed by atoms with Gasteiger partial charge in [-0.25, -0.2) is 18.1 Å². The molecule has 1 aromatic carbocycles. The SMILES string of the molecule is O=S(=O)(N[C@H]1c2ccccc2C[C@H]1O)c1c[nH]c2ncccc12. The molecule has 0 saturated carbocycles. The smallest absolute Gasteiger partial charge is 0.243 e. The molecule has 118 valence electrons. The van der Waals surface area contributed by atoms with Crippen LogP contribution in [0.3, 0.4) is 0 Å². The molecule has 4 rings (SSSR count). The number of fused-ring (bicyclic) bond motifs is 2. The molecular formula is C16H15N3O3S. The fraction of sp³-hybridized carbons (Fsp3) is 0.188. The summed E-state index contributed by atoms with van der Waals surface area (Å²) in [7, 11) is -3.78. The van der Waals surface area contributed by atoms with Crippen LogP contribution in [-0.4, -0.2) is 29.6 Å². The number of aromatic nitrogens is 2. The van der Waals surface area contributed by atoms with Gasteiger partial charge >= 0.3 is 0 Å². The maximum atomic E-state index is 12.7. The van der Waals surface area contributed by atoms with E-state index < -0.39 is 22.2 Å². The minimum absolute atomic E-state index is 0.136. The number of H-pyrrole nitrogens is 1. The van der Waals surface area contributed by atoms with Gasteiger partial charge in [0.2, 0.25) is 10.0 Å². The molecule has 2 atom stereocenters. The lowest BCUT2D eigenvalue weighted by Crippen LogP contribution is -2.33. The summed E-state index contributed by atoms with van der Waals surface area (Å²) in [4.78, 5) is 7.09. The molecular weight excluding hydrogens is 314 g/mol. The van der Waals surface area contributed by atoms with E-state index in [0.717, 1.165) is 11.1 Å². The van der Waals surface area contributed by atoms with Crippen LogP contribution in [0.4, 0.5) is 0 Å². The third-order valence-electron chi connectivity index (χ3n) is 4.19. The highest BCUT2D eigenvalue weighted by Crippen LogP contribution is 2.33. The highest BCUT2D eigenvalue weighted by molar-refractivity contribution is 7.89. The van der Waals surface area contributed by atoms with Crippen LogP contribution in [0.1, 0.15) is 17.2 Å². The fourth-order valence-electron chi connectivity index (χ4n) is 3.10. The zero-order chi connectivity index (χ0) is 16.0. The molecule has 0 aliphatic heterocycles. The lowest BCUT2D eigenvalue weighted by atomic mass is 10.1. The van der Waals surface area contributed by atoms with Gasteiger partial charge in [0.1, 0.15) is 10.5 Å². The van der Waals surface area contributed by atoms with Gasteiger partial charge in [-0.3, -0.25) is 0 Å². The van der Waals surface area contributed by atoms with Crippen LogP contribution in [0.15, 0.2) is 53.7 Å². The molecule has 23 heavy (non-hydrogen) atoms. The van der Waals surface area contributed by atoms with Crippen molar-refractivity contribution in [2.75, 3.05) is 0 Å². The lowest BCUT2D eigenvalue weighted by Gasteiger charge is -2.17. The van der Waals surface area contributed by atoms with Gasteiger partial charge in [-0.15, -0.1) is 0 Å². The Bertz CT molecular complexity index is 981. The second kappa shape index (κ2) is 5.16. The first kappa shape index (κ1) is 14.4. The van der Waals surface area contributed by atoms with Crippen molar-refractivity contribution in [1.82, 2.24) is 14.7 Å². The average molecular weight is 329 g/mol. The minimum atomic E-state index is -3.78. The zero-order valence-electron chi connectivity index (χ0n) is 12.1. The van der Waals surface area contributed by atoms with Crippen molar-refractivity contribution in [3.8, 4) is 0 Å². The number of hydrogen-bond acceptors (Lipinski definition) is 4. The van der Waals surface area contributed by atoms with Gasteiger partial charge in [-0.05, 0) is 23.3 Å². The number of pyridine rings is 1. The highest BCUT2D eigenvalue weighted by Gasteiger charge is 2.34. The number of aliphatic hydroxyl groups excluding tert-OH is 1. The molecule has 0 fully saturated rings. The van der Waals surface area contributed by atoms with Gasteiger partial charge < -0.3 is 10.1 Å². The van der Waals surface area contributed by atoms with E-state index in [1.807, 2.05) is 24.3 Å². The second-order valence-corrected chi connectivity index (χ2v) is 7.30. The molecule has 1 aliphatic rings. The number of nitrogens with zero attached hydrogens (tertiary/aromatic N) is 1.